The van der Waals surface area contributed by atoms with Crippen molar-refractivity contribution in [3.05, 3.63) is 35.4 Å². The number of aromatic carboxylic acids is 1. The number of carboxylic acid groups (broad SMARTS) is 1. The molecular formula is C14H17NO4. The maximum atomic E-state index is 12.4. The highest BCUT2D eigenvalue weighted by molar-refractivity contribution is 5.96. The lowest BCUT2D eigenvalue weighted by molar-refractivity contribution is -0.0387. The van der Waals surface area contributed by atoms with Crippen LogP contribution in [0.4, 0.5) is 0 Å². The molecule has 19 heavy (non-hydrogen) atoms. The molecule has 1 aliphatic heterocycles. The van der Waals surface area contributed by atoms with Gasteiger partial charge in [0.15, 0.2) is 0 Å². The normalized spacial score (nSPS) is 23.2. The molecule has 2 atom stereocenters. The molecule has 0 aromatic heterocycles. The zero-order valence-corrected chi connectivity index (χ0v) is 11.0. The van der Waals surface area contributed by atoms with Crippen LogP contribution in [0.3, 0.4) is 0 Å². The van der Waals surface area contributed by atoms with Gasteiger partial charge in [-0.1, -0.05) is 0 Å². The van der Waals surface area contributed by atoms with Crippen molar-refractivity contribution in [3.8, 4) is 0 Å². The topological polar surface area (TPSA) is 66.8 Å². The summed E-state index contributed by atoms with van der Waals surface area (Å²) in [6.45, 7) is 4.95. The molecule has 1 saturated heterocycles. The van der Waals surface area contributed by atoms with Crippen molar-refractivity contribution in [3.63, 3.8) is 0 Å². The van der Waals surface area contributed by atoms with Gasteiger partial charge in [0.05, 0.1) is 24.3 Å². The molecule has 0 aliphatic carbocycles. The summed E-state index contributed by atoms with van der Waals surface area (Å²) in [5, 5.41) is 8.83. The summed E-state index contributed by atoms with van der Waals surface area (Å²) < 4.78 is 5.49. The van der Waals surface area contributed by atoms with Crippen molar-refractivity contribution in [1.82, 2.24) is 4.90 Å². The van der Waals surface area contributed by atoms with Crippen LogP contribution in [0.2, 0.25) is 0 Å². The van der Waals surface area contributed by atoms with Gasteiger partial charge >= 0.3 is 5.97 Å². The van der Waals surface area contributed by atoms with Crippen LogP contribution in [0.1, 0.15) is 34.6 Å². The molecule has 102 valence electrons. The van der Waals surface area contributed by atoms with Crippen LogP contribution in [0, 0.1) is 0 Å². The van der Waals surface area contributed by atoms with Gasteiger partial charge in [-0.25, -0.2) is 4.79 Å². The minimum atomic E-state index is -0.993. The van der Waals surface area contributed by atoms with Crippen LogP contribution in [-0.2, 0) is 4.74 Å². The fourth-order valence-electron chi connectivity index (χ4n) is 2.11. The smallest absolute Gasteiger partial charge is 0.335 e. The van der Waals surface area contributed by atoms with Gasteiger partial charge in [0.2, 0.25) is 0 Å². The van der Waals surface area contributed by atoms with E-state index >= 15 is 0 Å². The summed E-state index contributed by atoms with van der Waals surface area (Å²) in [4.78, 5) is 24.9. The van der Waals surface area contributed by atoms with E-state index in [2.05, 4.69) is 0 Å². The average Bonchev–Trinajstić information content (AvgIpc) is 2.41. The van der Waals surface area contributed by atoms with Crippen molar-refractivity contribution in [1.29, 1.82) is 0 Å². The number of benzene rings is 1. The molecule has 1 fully saturated rings. The molecule has 1 heterocycles. The zero-order chi connectivity index (χ0) is 14.0. The van der Waals surface area contributed by atoms with Gasteiger partial charge in [0.1, 0.15) is 0 Å². The maximum Gasteiger partial charge on any atom is 0.335 e. The first-order valence-corrected chi connectivity index (χ1v) is 6.25. The molecule has 0 unspecified atom stereocenters. The van der Waals surface area contributed by atoms with E-state index in [1.807, 2.05) is 13.8 Å². The first-order chi connectivity index (χ1) is 8.99. The Bertz CT molecular complexity index is 483. The summed E-state index contributed by atoms with van der Waals surface area (Å²) in [6, 6.07) is 6.04. The van der Waals surface area contributed by atoms with Crippen LogP contribution >= 0.6 is 0 Å². The molecule has 0 radical (unpaired) electrons. The standard InChI is InChI=1S/C14H17NO4/c1-9-8-19-10(2)7-15(9)13(16)11-3-5-12(6-4-11)14(17)18/h3-6,9-10H,7-8H2,1-2H3,(H,17,18)/t9-,10+/m0/s1. The second-order valence-corrected chi connectivity index (χ2v) is 4.83. The predicted molar refractivity (Wildman–Crippen MR) is 69.3 cm³/mol. The number of carbonyl (C=O) groups excluding carboxylic acids is 1. The number of morpholine rings is 1. The van der Waals surface area contributed by atoms with Crippen molar-refractivity contribution < 1.29 is 19.4 Å². The first kappa shape index (κ1) is 13.5. The Hall–Kier alpha value is -1.88. The summed E-state index contributed by atoms with van der Waals surface area (Å²) >= 11 is 0. The Morgan fingerprint density at radius 2 is 1.79 bits per heavy atom. The predicted octanol–water partition coefficient (Wildman–Crippen LogP) is 1.63. The van der Waals surface area contributed by atoms with Gasteiger partial charge in [-0.2, -0.15) is 0 Å². The molecule has 1 N–H and O–H groups in total. The van der Waals surface area contributed by atoms with Crippen LogP contribution in [0.5, 0.6) is 0 Å². The molecule has 5 heteroatoms. The van der Waals surface area contributed by atoms with Crippen molar-refractivity contribution >= 4 is 11.9 Å². The second kappa shape index (κ2) is 5.40. The number of ether oxygens (including phenoxy) is 1. The van der Waals surface area contributed by atoms with Gasteiger partial charge < -0.3 is 14.7 Å². The third-order valence-corrected chi connectivity index (χ3v) is 3.25. The Morgan fingerprint density at radius 3 is 2.37 bits per heavy atom. The molecule has 0 saturated carbocycles. The Kier molecular flexibility index (Phi) is 3.85. The molecule has 0 bridgehead atoms. The van der Waals surface area contributed by atoms with E-state index in [4.69, 9.17) is 9.84 Å². The van der Waals surface area contributed by atoms with E-state index in [1.54, 1.807) is 17.0 Å². The Labute approximate surface area is 111 Å². The van der Waals surface area contributed by atoms with E-state index in [1.165, 1.54) is 12.1 Å². The lowest BCUT2D eigenvalue weighted by Crippen LogP contribution is -2.50. The SMILES string of the molecule is C[C@@H]1CN(C(=O)c2ccc(C(=O)O)cc2)[C@@H](C)CO1. The number of hydrogen-bond donors (Lipinski definition) is 1. The van der Waals surface area contributed by atoms with E-state index < -0.39 is 5.97 Å². The molecule has 1 aromatic carbocycles. The molecule has 1 amide bonds. The highest BCUT2D eigenvalue weighted by Gasteiger charge is 2.28. The van der Waals surface area contributed by atoms with Gasteiger partial charge in [-0.3, -0.25) is 4.79 Å². The molecular weight excluding hydrogens is 246 g/mol. The van der Waals surface area contributed by atoms with Gasteiger partial charge in [-0.15, -0.1) is 0 Å². The summed E-state index contributed by atoms with van der Waals surface area (Å²) in [5.41, 5.74) is 0.686. The maximum absolute atomic E-state index is 12.4. The van der Waals surface area contributed by atoms with E-state index in [9.17, 15) is 9.59 Å². The quantitative estimate of drug-likeness (QED) is 0.880. The minimum absolute atomic E-state index is 0.0263. The average molecular weight is 263 g/mol. The monoisotopic (exact) mass is 263 g/mol. The minimum Gasteiger partial charge on any atom is -0.478 e. The van der Waals surface area contributed by atoms with Crippen molar-refractivity contribution in [2.45, 2.75) is 26.0 Å². The fraction of sp³-hybridized carbons (Fsp3) is 0.429. The number of hydrogen-bond acceptors (Lipinski definition) is 3. The third kappa shape index (κ3) is 2.93. The van der Waals surface area contributed by atoms with Crippen LogP contribution in [0.25, 0.3) is 0 Å². The summed E-state index contributed by atoms with van der Waals surface area (Å²) in [5.74, 6) is -1.08. The highest BCUT2D eigenvalue weighted by Crippen LogP contribution is 2.16. The second-order valence-electron chi connectivity index (χ2n) is 4.83. The molecule has 0 spiro atoms. The van der Waals surface area contributed by atoms with E-state index in [0.717, 1.165) is 0 Å². The van der Waals surface area contributed by atoms with Gasteiger partial charge in [0, 0.05) is 12.1 Å². The Morgan fingerprint density at radius 1 is 1.21 bits per heavy atom. The van der Waals surface area contributed by atoms with Crippen LogP contribution < -0.4 is 0 Å². The molecule has 1 aliphatic rings. The fourth-order valence-corrected chi connectivity index (χ4v) is 2.11. The number of nitrogens with zero attached hydrogens (tertiary/aromatic N) is 1. The summed E-state index contributed by atoms with van der Waals surface area (Å²) in [6.07, 6.45) is 0.0263. The largest absolute Gasteiger partial charge is 0.478 e. The summed E-state index contributed by atoms with van der Waals surface area (Å²) in [7, 11) is 0. The van der Waals surface area contributed by atoms with Gasteiger partial charge in [-0.05, 0) is 38.1 Å². The zero-order valence-electron chi connectivity index (χ0n) is 11.0. The lowest BCUT2D eigenvalue weighted by atomic mass is 10.1. The van der Waals surface area contributed by atoms with Gasteiger partial charge in [0.25, 0.3) is 5.91 Å². The Balaban J connectivity index is 2.16. The van der Waals surface area contributed by atoms with E-state index in [-0.39, 0.29) is 23.6 Å². The van der Waals surface area contributed by atoms with Crippen molar-refractivity contribution in [2.24, 2.45) is 0 Å². The van der Waals surface area contributed by atoms with Crippen LogP contribution in [-0.4, -0.2) is 47.2 Å². The third-order valence-electron chi connectivity index (χ3n) is 3.25. The van der Waals surface area contributed by atoms with Crippen molar-refractivity contribution in [2.75, 3.05) is 13.2 Å². The molecule has 1 aromatic rings. The number of carbonyl (C=O) groups is 2. The van der Waals surface area contributed by atoms with Crippen LogP contribution in [0.15, 0.2) is 24.3 Å². The number of rotatable bonds is 2. The highest BCUT2D eigenvalue weighted by atomic mass is 16.5. The molecule has 2 rings (SSSR count). The molecule has 5 nitrogen and oxygen atoms in total. The lowest BCUT2D eigenvalue weighted by Gasteiger charge is -2.36. The first-order valence-electron chi connectivity index (χ1n) is 6.25. The number of amides is 1. The number of carboxylic acids is 1. The van der Waals surface area contributed by atoms with E-state index in [0.29, 0.717) is 18.7 Å².